The lowest BCUT2D eigenvalue weighted by atomic mass is 10.1. The SMILES string of the molecule is C[C@H](NC(=O)O)C(=O)N[C@H]1COc2ccc(C(F)(F)F)cc2NC1=O. The number of rotatable bonds is 3. The number of anilines is 1. The second-order valence-corrected chi connectivity index (χ2v) is 5.24. The van der Waals surface area contributed by atoms with Gasteiger partial charge in [0, 0.05) is 0 Å². The molecule has 1 aromatic rings. The maximum absolute atomic E-state index is 12.7. The molecule has 2 atom stereocenters. The van der Waals surface area contributed by atoms with Crippen molar-refractivity contribution in [2.24, 2.45) is 0 Å². The molecule has 1 aliphatic heterocycles. The highest BCUT2D eigenvalue weighted by atomic mass is 19.4. The van der Waals surface area contributed by atoms with E-state index >= 15 is 0 Å². The van der Waals surface area contributed by atoms with Crippen LogP contribution >= 0.6 is 0 Å². The average Bonchev–Trinajstić information content (AvgIpc) is 2.64. The fourth-order valence-corrected chi connectivity index (χ4v) is 2.05. The van der Waals surface area contributed by atoms with Gasteiger partial charge < -0.3 is 25.8 Å². The molecule has 0 radical (unpaired) electrons. The smallest absolute Gasteiger partial charge is 0.416 e. The van der Waals surface area contributed by atoms with Crippen molar-refractivity contribution in [3.8, 4) is 5.75 Å². The average molecular weight is 361 g/mol. The Kier molecular flexibility index (Phi) is 5.04. The molecule has 1 aromatic carbocycles. The van der Waals surface area contributed by atoms with E-state index in [4.69, 9.17) is 9.84 Å². The Hall–Kier alpha value is -2.98. The predicted molar refractivity (Wildman–Crippen MR) is 78.1 cm³/mol. The maximum atomic E-state index is 12.7. The Labute approximate surface area is 139 Å². The molecule has 136 valence electrons. The van der Waals surface area contributed by atoms with Crippen LogP contribution in [-0.4, -0.2) is 41.7 Å². The van der Waals surface area contributed by atoms with Gasteiger partial charge in [0.2, 0.25) is 5.91 Å². The molecule has 11 heteroatoms. The topological polar surface area (TPSA) is 117 Å². The molecule has 0 bridgehead atoms. The summed E-state index contributed by atoms with van der Waals surface area (Å²) in [4.78, 5) is 34.4. The van der Waals surface area contributed by atoms with Gasteiger partial charge in [-0.2, -0.15) is 13.2 Å². The highest BCUT2D eigenvalue weighted by Gasteiger charge is 2.33. The van der Waals surface area contributed by atoms with E-state index < -0.39 is 41.7 Å². The number of halogens is 3. The molecule has 0 saturated heterocycles. The first-order valence-electron chi connectivity index (χ1n) is 7.02. The second-order valence-electron chi connectivity index (χ2n) is 5.24. The number of fused-ring (bicyclic) bond motifs is 1. The number of carbonyl (C=O) groups excluding carboxylic acids is 2. The van der Waals surface area contributed by atoms with Gasteiger partial charge in [0.25, 0.3) is 5.91 Å². The van der Waals surface area contributed by atoms with Crippen LogP contribution in [0.25, 0.3) is 0 Å². The zero-order valence-electron chi connectivity index (χ0n) is 12.8. The number of ether oxygens (including phenoxy) is 1. The summed E-state index contributed by atoms with van der Waals surface area (Å²) < 4.78 is 43.5. The van der Waals surface area contributed by atoms with E-state index in [9.17, 15) is 27.6 Å². The number of carboxylic acid groups (broad SMARTS) is 1. The van der Waals surface area contributed by atoms with Crippen molar-refractivity contribution in [3.63, 3.8) is 0 Å². The van der Waals surface area contributed by atoms with Crippen molar-refractivity contribution in [2.45, 2.75) is 25.2 Å². The highest BCUT2D eigenvalue weighted by Crippen LogP contribution is 2.35. The van der Waals surface area contributed by atoms with Gasteiger partial charge in [-0.25, -0.2) is 4.79 Å². The summed E-state index contributed by atoms with van der Waals surface area (Å²) in [6.07, 6.45) is -6.01. The molecule has 2 rings (SSSR count). The number of amides is 3. The van der Waals surface area contributed by atoms with Crippen LogP contribution in [-0.2, 0) is 15.8 Å². The van der Waals surface area contributed by atoms with Gasteiger partial charge in [-0.15, -0.1) is 0 Å². The van der Waals surface area contributed by atoms with Crippen molar-refractivity contribution in [1.82, 2.24) is 10.6 Å². The Morgan fingerprint density at radius 3 is 2.68 bits per heavy atom. The lowest BCUT2D eigenvalue weighted by Gasteiger charge is -2.17. The summed E-state index contributed by atoms with van der Waals surface area (Å²) in [5.41, 5.74) is -1.13. The fraction of sp³-hybridized carbons (Fsp3) is 0.357. The van der Waals surface area contributed by atoms with E-state index in [2.05, 4.69) is 10.6 Å². The molecular weight excluding hydrogens is 347 g/mol. The van der Waals surface area contributed by atoms with Crippen molar-refractivity contribution in [3.05, 3.63) is 23.8 Å². The number of nitrogens with one attached hydrogen (secondary N) is 3. The van der Waals surface area contributed by atoms with Crippen LogP contribution in [0.1, 0.15) is 12.5 Å². The standard InChI is InChI=1S/C14H14F3N3O5/c1-6(18-13(23)24)11(21)20-9-5-25-10-3-2-7(14(15,16)17)4-8(10)19-12(9)22/h2-4,6,9,18H,5H2,1H3,(H,19,22)(H,20,21)(H,23,24)/t6-,9-/m0/s1. The molecule has 0 aliphatic carbocycles. The predicted octanol–water partition coefficient (Wildman–Crippen LogP) is 1.18. The number of benzene rings is 1. The number of hydrogen-bond donors (Lipinski definition) is 4. The first-order chi connectivity index (χ1) is 11.6. The Morgan fingerprint density at radius 2 is 2.08 bits per heavy atom. The van der Waals surface area contributed by atoms with Crippen molar-refractivity contribution < 1.29 is 37.4 Å². The summed E-state index contributed by atoms with van der Waals surface area (Å²) in [6.45, 7) is 0.943. The minimum Gasteiger partial charge on any atom is -0.489 e. The van der Waals surface area contributed by atoms with Crippen LogP contribution in [0.4, 0.5) is 23.7 Å². The van der Waals surface area contributed by atoms with Crippen molar-refractivity contribution >= 4 is 23.6 Å². The first kappa shape index (κ1) is 18.4. The number of hydrogen-bond acceptors (Lipinski definition) is 4. The quantitative estimate of drug-likeness (QED) is 0.645. The van der Waals surface area contributed by atoms with Crippen molar-refractivity contribution in [1.29, 1.82) is 0 Å². The van der Waals surface area contributed by atoms with Gasteiger partial charge in [0.15, 0.2) is 0 Å². The molecule has 1 heterocycles. The number of alkyl halides is 3. The van der Waals surface area contributed by atoms with Crippen LogP contribution in [0.3, 0.4) is 0 Å². The third-order valence-corrected chi connectivity index (χ3v) is 3.34. The zero-order chi connectivity index (χ0) is 18.8. The summed E-state index contributed by atoms with van der Waals surface area (Å²) in [6, 6.07) is 0.270. The monoisotopic (exact) mass is 361 g/mol. The minimum atomic E-state index is -4.59. The molecule has 0 spiro atoms. The van der Waals surface area contributed by atoms with Crippen LogP contribution in [0.15, 0.2) is 18.2 Å². The van der Waals surface area contributed by atoms with Gasteiger partial charge in [-0.05, 0) is 25.1 Å². The molecular formula is C14H14F3N3O5. The first-order valence-corrected chi connectivity index (χ1v) is 7.02. The summed E-state index contributed by atoms with van der Waals surface area (Å²) >= 11 is 0. The fourth-order valence-electron chi connectivity index (χ4n) is 2.05. The number of carbonyl (C=O) groups is 3. The molecule has 4 N–H and O–H groups in total. The maximum Gasteiger partial charge on any atom is 0.416 e. The van der Waals surface area contributed by atoms with Gasteiger partial charge in [-0.1, -0.05) is 0 Å². The molecule has 0 unspecified atom stereocenters. The summed E-state index contributed by atoms with van der Waals surface area (Å²) in [5.74, 6) is -1.54. The highest BCUT2D eigenvalue weighted by molar-refractivity contribution is 5.99. The van der Waals surface area contributed by atoms with Crippen LogP contribution in [0.2, 0.25) is 0 Å². The Balaban J connectivity index is 2.11. The third-order valence-electron chi connectivity index (χ3n) is 3.34. The molecule has 1 aliphatic rings. The van der Waals surface area contributed by atoms with E-state index in [1.54, 1.807) is 0 Å². The molecule has 0 saturated carbocycles. The Morgan fingerprint density at radius 1 is 1.40 bits per heavy atom. The summed E-state index contributed by atoms with van der Waals surface area (Å²) in [7, 11) is 0. The molecule has 25 heavy (non-hydrogen) atoms. The molecule has 0 fully saturated rings. The minimum absolute atomic E-state index is 0.0230. The van der Waals surface area contributed by atoms with Crippen LogP contribution in [0.5, 0.6) is 5.75 Å². The van der Waals surface area contributed by atoms with Crippen LogP contribution in [0, 0.1) is 0 Å². The molecule has 3 amide bonds. The molecule has 0 aromatic heterocycles. The van der Waals surface area contributed by atoms with Crippen molar-refractivity contribution in [2.75, 3.05) is 11.9 Å². The van der Waals surface area contributed by atoms with Gasteiger partial charge in [-0.3, -0.25) is 9.59 Å². The van der Waals surface area contributed by atoms with E-state index in [0.717, 1.165) is 18.2 Å². The largest absolute Gasteiger partial charge is 0.489 e. The van der Waals surface area contributed by atoms with Crippen LogP contribution < -0.4 is 20.7 Å². The third kappa shape index (κ3) is 4.52. The lowest BCUT2D eigenvalue weighted by molar-refractivity contribution is -0.137. The Bertz CT molecular complexity index is 707. The molecule has 8 nitrogen and oxygen atoms in total. The second kappa shape index (κ2) is 6.87. The van der Waals surface area contributed by atoms with E-state index in [-0.39, 0.29) is 18.0 Å². The van der Waals surface area contributed by atoms with Gasteiger partial charge in [0.1, 0.15) is 24.4 Å². The van der Waals surface area contributed by atoms with Gasteiger partial charge >= 0.3 is 12.3 Å². The van der Waals surface area contributed by atoms with Gasteiger partial charge in [0.05, 0.1) is 11.3 Å². The lowest BCUT2D eigenvalue weighted by Crippen LogP contribution is -2.52. The normalized spacial score (nSPS) is 18.1. The van der Waals surface area contributed by atoms with E-state index in [1.807, 2.05) is 5.32 Å². The van der Waals surface area contributed by atoms with E-state index in [1.165, 1.54) is 6.92 Å². The zero-order valence-corrected chi connectivity index (χ0v) is 12.8. The summed E-state index contributed by atoms with van der Waals surface area (Å²) in [5, 5.41) is 15.0. The van der Waals surface area contributed by atoms with E-state index in [0.29, 0.717) is 0 Å².